The maximum Gasteiger partial charge on any atom is 0.416 e. The molecule has 0 aromatic heterocycles. The molecule has 1 nitrogen and oxygen atoms in total. The Hall–Kier alpha value is -1.63. The van der Waals surface area contributed by atoms with Gasteiger partial charge in [0, 0.05) is 11.4 Å². The number of hydrogen-bond acceptors (Lipinski definition) is 1. The lowest BCUT2D eigenvalue weighted by Crippen LogP contribution is -2.08. The third kappa shape index (κ3) is 3.72. The average Bonchev–Trinajstić information content (AvgIpc) is 2.42. The normalized spacial score (nSPS) is 11.5. The van der Waals surface area contributed by atoms with Gasteiger partial charge in [0.25, 0.3) is 0 Å². The highest BCUT2D eigenvalue weighted by atomic mass is 79.9. The summed E-state index contributed by atoms with van der Waals surface area (Å²) < 4.78 is 70.1. The molecule has 0 aliphatic rings. The van der Waals surface area contributed by atoms with Gasteiger partial charge < -0.3 is 4.74 Å². The van der Waals surface area contributed by atoms with Crippen molar-refractivity contribution >= 4 is 15.9 Å². The molecule has 112 valence electrons. The standard InChI is InChI=1S/C14H8BrF5O/c15-7-8-1-3-10(6-11(8)14(18,19)20)21-13-5-9(16)2-4-12(13)17/h1-6H,7H2. The van der Waals surface area contributed by atoms with E-state index in [0.29, 0.717) is 0 Å². The van der Waals surface area contributed by atoms with Crippen molar-refractivity contribution in [3.8, 4) is 11.5 Å². The van der Waals surface area contributed by atoms with E-state index in [-0.39, 0.29) is 16.6 Å². The van der Waals surface area contributed by atoms with Crippen LogP contribution in [0, 0.1) is 11.6 Å². The van der Waals surface area contributed by atoms with Crippen LogP contribution in [-0.2, 0) is 11.5 Å². The summed E-state index contributed by atoms with van der Waals surface area (Å²) in [4.78, 5) is 0. The Kier molecular flexibility index (Phi) is 4.51. The molecule has 2 aromatic carbocycles. The van der Waals surface area contributed by atoms with E-state index < -0.39 is 29.1 Å². The summed E-state index contributed by atoms with van der Waals surface area (Å²) in [6, 6.07) is 5.71. The summed E-state index contributed by atoms with van der Waals surface area (Å²) >= 11 is 2.96. The number of rotatable bonds is 3. The molecule has 0 atom stereocenters. The van der Waals surface area contributed by atoms with Crippen LogP contribution in [0.25, 0.3) is 0 Å². The smallest absolute Gasteiger partial charge is 0.416 e. The molecule has 0 aliphatic carbocycles. The van der Waals surface area contributed by atoms with Gasteiger partial charge in [-0.25, -0.2) is 8.78 Å². The molecule has 0 N–H and O–H groups in total. The van der Waals surface area contributed by atoms with Gasteiger partial charge in [-0.2, -0.15) is 13.2 Å². The van der Waals surface area contributed by atoms with Crippen LogP contribution in [0.1, 0.15) is 11.1 Å². The number of hydrogen-bond donors (Lipinski definition) is 0. The highest BCUT2D eigenvalue weighted by Crippen LogP contribution is 2.36. The van der Waals surface area contributed by atoms with E-state index in [9.17, 15) is 22.0 Å². The average molecular weight is 367 g/mol. The molecule has 0 fully saturated rings. The zero-order valence-corrected chi connectivity index (χ0v) is 11.9. The highest BCUT2D eigenvalue weighted by Gasteiger charge is 2.33. The first-order valence-corrected chi connectivity index (χ1v) is 6.82. The molecule has 7 heteroatoms. The summed E-state index contributed by atoms with van der Waals surface area (Å²) in [5, 5.41) is 0.0104. The monoisotopic (exact) mass is 366 g/mol. The molecule has 21 heavy (non-hydrogen) atoms. The fourth-order valence-corrected chi connectivity index (χ4v) is 2.17. The topological polar surface area (TPSA) is 9.23 Å². The molecule has 2 rings (SSSR count). The van der Waals surface area contributed by atoms with Crippen molar-refractivity contribution in [2.45, 2.75) is 11.5 Å². The van der Waals surface area contributed by atoms with Crippen molar-refractivity contribution in [1.29, 1.82) is 0 Å². The van der Waals surface area contributed by atoms with Crippen LogP contribution in [0.5, 0.6) is 11.5 Å². The Balaban J connectivity index is 2.39. The molecule has 0 spiro atoms. The molecular weight excluding hydrogens is 359 g/mol. The van der Waals surface area contributed by atoms with E-state index in [1.54, 1.807) is 0 Å². The third-order valence-electron chi connectivity index (χ3n) is 2.65. The van der Waals surface area contributed by atoms with Gasteiger partial charge in [-0.3, -0.25) is 0 Å². The predicted octanol–water partition coefficient (Wildman–Crippen LogP) is 5.67. The number of benzene rings is 2. The zero-order chi connectivity index (χ0) is 15.6. The number of ether oxygens (including phenoxy) is 1. The Morgan fingerprint density at radius 3 is 2.33 bits per heavy atom. The molecule has 0 aliphatic heterocycles. The Labute approximate surface area is 125 Å². The lowest BCUT2D eigenvalue weighted by atomic mass is 10.1. The SMILES string of the molecule is Fc1ccc(F)c(Oc2ccc(CBr)c(C(F)(F)F)c2)c1. The maximum absolute atomic E-state index is 13.4. The second kappa shape index (κ2) is 6.01. The van der Waals surface area contributed by atoms with Crippen LogP contribution >= 0.6 is 15.9 Å². The molecule has 0 radical (unpaired) electrons. The van der Waals surface area contributed by atoms with E-state index in [0.717, 1.165) is 24.3 Å². The van der Waals surface area contributed by atoms with Crippen molar-refractivity contribution in [2.75, 3.05) is 0 Å². The minimum atomic E-state index is -4.57. The zero-order valence-electron chi connectivity index (χ0n) is 10.3. The minimum Gasteiger partial charge on any atom is -0.454 e. The van der Waals surface area contributed by atoms with Gasteiger partial charge in [-0.1, -0.05) is 22.0 Å². The second-order valence-corrected chi connectivity index (χ2v) is 4.69. The van der Waals surface area contributed by atoms with E-state index >= 15 is 0 Å². The Morgan fingerprint density at radius 1 is 1.00 bits per heavy atom. The number of halogens is 6. The van der Waals surface area contributed by atoms with Crippen molar-refractivity contribution in [3.63, 3.8) is 0 Å². The second-order valence-electron chi connectivity index (χ2n) is 4.13. The van der Waals surface area contributed by atoms with Crippen LogP contribution in [0.15, 0.2) is 36.4 Å². The van der Waals surface area contributed by atoms with Gasteiger partial charge >= 0.3 is 6.18 Å². The quantitative estimate of drug-likeness (QED) is 0.502. The Morgan fingerprint density at radius 2 is 1.71 bits per heavy atom. The van der Waals surface area contributed by atoms with E-state index in [2.05, 4.69) is 15.9 Å². The number of alkyl halides is 4. The maximum atomic E-state index is 13.4. The first-order chi connectivity index (χ1) is 9.81. The molecule has 2 aromatic rings. The van der Waals surface area contributed by atoms with E-state index in [4.69, 9.17) is 4.74 Å². The molecule has 0 saturated heterocycles. The van der Waals surface area contributed by atoms with Gasteiger partial charge in [0.05, 0.1) is 5.56 Å². The molecular formula is C14H8BrF5O. The van der Waals surface area contributed by atoms with Crippen LogP contribution in [0.4, 0.5) is 22.0 Å². The van der Waals surface area contributed by atoms with Crippen LogP contribution in [0.2, 0.25) is 0 Å². The third-order valence-corrected chi connectivity index (χ3v) is 3.26. The minimum absolute atomic E-state index is 0.0104. The van der Waals surface area contributed by atoms with Gasteiger partial charge in [0.15, 0.2) is 11.6 Å². The summed E-state index contributed by atoms with van der Waals surface area (Å²) in [6.07, 6.45) is -4.57. The van der Waals surface area contributed by atoms with Crippen molar-refractivity contribution in [3.05, 3.63) is 59.2 Å². The summed E-state index contributed by atoms with van der Waals surface area (Å²) in [5.41, 5.74) is -0.872. The lowest BCUT2D eigenvalue weighted by Gasteiger charge is -2.14. The van der Waals surface area contributed by atoms with Gasteiger partial charge in [0.2, 0.25) is 0 Å². The van der Waals surface area contributed by atoms with Gasteiger partial charge in [-0.15, -0.1) is 0 Å². The van der Waals surface area contributed by atoms with Crippen molar-refractivity contribution in [2.24, 2.45) is 0 Å². The van der Waals surface area contributed by atoms with Gasteiger partial charge in [-0.05, 0) is 29.8 Å². The van der Waals surface area contributed by atoms with Crippen molar-refractivity contribution in [1.82, 2.24) is 0 Å². The summed E-state index contributed by atoms with van der Waals surface area (Å²) in [6.45, 7) is 0. The van der Waals surface area contributed by atoms with Gasteiger partial charge in [0.1, 0.15) is 11.6 Å². The summed E-state index contributed by atoms with van der Waals surface area (Å²) in [7, 11) is 0. The molecule has 0 bridgehead atoms. The van der Waals surface area contributed by atoms with Crippen LogP contribution in [-0.4, -0.2) is 0 Å². The first-order valence-electron chi connectivity index (χ1n) is 5.70. The fourth-order valence-electron chi connectivity index (χ4n) is 1.68. The fraction of sp³-hybridized carbons (Fsp3) is 0.143. The molecule has 0 amide bonds. The predicted molar refractivity (Wildman–Crippen MR) is 70.5 cm³/mol. The largest absolute Gasteiger partial charge is 0.454 e. The summed E-state index contributed by atoms with van der Waals surface area (Å²) in [5.74, 6) is -2.32. The molecule has 0 unspecified atom stereocenters. The van der Waals surface area contributed by atoms with Crippen molar-refractivity contribution < 1.29 is 26.7 Å². The lowest BCUT2D eigenvalue weighted by molar-refractivity contribution is -0.138. The highest BCUT2D eigenvalue weighted by molar-refractivity contribution is 9.08. The van der Waals surface area contributed by atoms with E-state index in [1.807, 2.05) is 0 Å². The first kappa shape index (κ1) is 15.8. The van der Waals surface area contributed by atoms with Crippen LogP contribution < -0.4 is 4.74 Å². The Bertz CT molecular complexity index is 654. The molecule has 0 heterocycles. The molecule has 0 saturated carbocycles. The van der Waals surface area contributed by atoms with Crippen LogP contribution in [0.3, 0.4) is 0 Å². The van der Waals surface area contributed by atoms with E-state index in [1.165, 1.54) is 12.1 Å².